The molecule has 0 bridgehead atoms. The van der Waals surface area contributed by atoms with E-state index in [2.05, 4.69) is 15.6 Å². The van der Waals surface area contributed by atoms with E-state index in [0.717, 1.165) is 5.56 Å². The number of esters is 1. The van der Waals surface area contributed by atoms with Crippen LogP contribution < -0.4 is 24.8 Å². The van der Waals surface area contributed by atoms with Crippen LogP contribution in [-0.2, 0) is 14.3 Å². The Morgan fingerprint density at radius 2 is 1.60 bits per heavy atom. The van der Waals surface area contributed by atoms with E-state index in [1.165, 1.54) is 39.2 Å². The molecule has 1 atom stereocenters. The normalized spacial score (nSPS) is 14.4. The Balaban J connectivity index is 1.37. The second kappa shape index (κ2) is 16.9. The summed E-state index contributed by atoms with van der Waals surface area (Å²) in [6.07, 6.45) is 6.86. The third-order valence-corrected chi connectivity index (χ3v) is 7.81. The summed E-state index contributed by atoms with van der Waals surface area (Å²) in [7, 11) is 4.58. The maximum absolute atomic E-state index is 12.8. The van der Waals surface area contributed by atoms with E-state index in [1.54, 1.807) is 56.3 Å². The summed E-state index contributed by atoms with van der Waals surface area (Å²) in [6.45, 7) is 3.79. The molecule has 0 aromatic heterocycles. The molecular formula is C36H37N3O7S. The smallest absolute Gasteiger partial charge is 0.338 e. The number of nitrogens with zero attached hydrogens (tertiary/aromatic N) is 1. The molecule has 1 heterocycles. The second-order valence-corrected chi connectivity index (χ2v) is 11.1. The molecule has 0 radical (unpaired) electrons. The molecule has 0 aliphatic carbocycles. The molecule has 0 spiro atoms. The Kier molecular flexibility index (Phi) is 12.4. The molecule has 1 aliphatic rings. The summed E-state index contributed by atoms with van der Waals surface area (Å²) in [6, 6.07) is 19.3. The summed E-state index contributed by atoms with van der Waals surface area (Å²) in [5, 5.41) is 6.48. The number of benzene rings is 3. The van der Waals surface area contributed by atoms with Gasteiger partial charge in [-0.2, -0.15) is 0 Å². The first-order valence-electron chi connectivity index (χ1n) is 14.8. The molecule has 0 fully saturated rings. The highest BCUT2D eigenvalue weighted by Gasteiger charge is 2.27. The predicted molar refractivity (Wildman–Crippen MR) is 186 cm³/mol. The number of ketones is 1. The standard InChI is InChI=1S/C36H37N3O7S/c1-6-46-35(42)33-23(2)37-36(39-28(33)18-12-24-10-8-7-9-11-24)47-22-32(41)38-27-16-14-26(15-17-27)29(40)19-13-25-20-30(43-3)34(45-5)31(21-25)44-4/h7-21,28H,6,22H2,1-5H3,(H,37,39)(H,38,41)/b18-12+,19-13+/t28-/m0/s1. The van der Waals surface area contributed by atoms with Gasteiger partial charge in [-0.1, -0.05) is 60.3 Å². The van der Waals surface area contributed by atoms with E-state index >= 15 is 0 Å². The number of carbonyl (C=O) groups excluding carboxylic acids is 3. The first-order chi connectivity index (χ1) is 22.8. The van der Waals surface area contributed by atoms with Crippen molar-refractivity contribution in [2.24, 2.45) is 4.99 Å². The Hall–Kier alpha value is -5.29. The van der Waals surface area contributed by atoms with Crippen molar-refractivity contribution in [1.29, 1.82) is 0 Å². The number of nitrogens with one attached hydrogen (secondary N) is 2. The minimum absolute atomic E-state index is 0.0706. The molecule has 2 N–H and O–H groups in total. The Bertz CT molecular complexity index is 1690. The summed E-state index contributed by atoms with van der Waals surface area (Å²) in [5.41, 5.74) is 3.70. The number of rotatable bonds is 13. The van der Waals surface area contributed by atoms with Crippen molar-refractivity contribution in [3.05, 3.63) is 107 Å². The SMILES string of the molecule is CCOC(=O)C1=C(C)NC(SCC(=O)Nc2ccc(C(=O)/C=C/c3cc(OC)c(OC)c(OC)c3)cc2)=N[C@H]1/C=C/c1ccccc1. The molecule has 244 valence electrons. The van der Waals surface area contributed by atoms with Crippen LogP contribution in [0.15, 0.2) is 95.1 Å². The van der Waals surface area contributed by atoms with E-state index in [4.69, 9.17) is 18.9 Å². The number of amides is 1. The minimum atomic E-state index is -0.575. The highest BCUT2D eigenvalue weighted by atomic mass is 32.2. The summed E-state index contributed by atoms with van der Waals surface area (Å²) in [5.74, 6) is 0.594. The van der Waals surface area contributed by atoms with Crippen molar-refractivity contribution >= 4 is 52.4 Å². The molecule has 3 aromatic rings. The van der Waals surface area contributed by atoms with Crippen LogP contribution in [0.3, 0.4) is 0 Å². The van der Waals surface area contributed by atoms with Crippen LogP contribution in [-0.4, -0.2) is 62.6 Å². The van der Waals surface area contributed by atoms with Crippen LogP contribution in [0.5, 0.6) is 17.2 Å². The quantitative estimate of drug-likeness (QED) is 0.127. The first kappa shape index (κ1) is 34.6. The third kappa shape index (κ3) is 9.36. The first-order valence-corrected chi connectivity index (χ1v) is 15.8. The molecule has 0 saturated heterocycles. The lowest BCUT2D eigenvalue weighted by Crippen LogP contribution is -2.33. The van der Waals surface area contributed by atoms with Crippen molar-refractivity contribution < 1.29 is 33.3 Å². The van der Waals surface area contributed by atoms with Crippen LogP contribution in [0.4, 0.5) is 5.69 Å². The van der Waals surface area contributed by atoms with E-state index < -0.39 is 12.0 Å². The van der Waals surface area contributed by atoms with Gasteiger partial charge in [-0.15, -0.1) is 0 Å². The summed E-state index contributed by atoms with van der Waals surface area (Å²) < 4.78 is 21.4. The zero-order chi connectivity index (χ0) is 33.8. The number of hydrogen-bond acceptors (Lipinski definition) is 10. The third-order valence-electron chi connectivity index (χ3n) is 6.92. The summed E-state index contributed by atoms with van der Waals surface area (Å²) in [4.78, 5) is 43.0. The fourth-order valence-electron chi connectivity index (χ4n) is 4.65. The van der Waals surface area contributed by atoms with Gasteiger partial charge in [0.25, 0.3) is 0 Å². The molecule has 0 unspecified atom stereocenters. The highest BCUT2D eigenvalue weighted by Crippen LogP contribution is 2.38. The largest absolute Gasteiger partial charge is 0.493 e. The van der Waals surface area contributed by atoms with Crippen LogP contribution in [0.2, 0.25) is 0 Å². The van der Waals surface area contributed by atoms with Gasteiger partial charge < -0.3 is 29.6 Å². The topological polar surface area (TPSA) is 125 Å². The molecule has 1 amide bonds. The fraction of sp³-hybridized carbons (Fsp3) is 0.222. The second-order valence-electron chi connectivity index (χ2n) is 10.1. The van der Waals surface area contributed by atoms with E-state index in [1.807, 2.05) is 42.5 Å². The number of aliphatic imine (C=N–C) groups is 1. The lowest BCUT2D eigenvalue weighted by atomic mass is 10.0. The van der Waals surface area contributed by atoms with Crippen molar-refractivity contribution in [1.82, 2.24) is 5.32 Å². The van der Waals surface area contributed by atoms with Gasteiger partial charge in [0.15, 0.2) is 22.4 Å². The lowest BCUT2D eigenvalue weighted by molar-refractivity contribution is -0.138. The zero-order valence-corrected chi connectivity index (χ0v) is 27.7. The molecule has 0 saturated carbocycles. The Morgan fingerprint density at radius 1 is 0.915 bits per heavy atom. The molecule has 1 aliphatic heterocycles. The number of anilines is 1. The van der Waals surface area contributed by atoms with Crippen molar-refractivity contribution in [3.63, 3.8) is 0 Å². The molecule has 10 nitrogen and oxygen atoms in total. The number of amidine groups is 1. The number of ether oxygens (including phenoxy) is 4. The van der Waals surface area contributed by atoms with Gasteiger partial charge in [0.1, 0.15) is 6.04 Å². The fourth-order valence-corrected chi connectivity index (χ4v) is 5.40. The van der Waals surface area contributed by atoms with E-state index in [0.29, 0.717) is 50.5 Å². The molecule has 47 heavy (non-hydrogen) atoms. The van der Waals surface area contributed by atoms with Gasteiger partial charge in [-0.3, -0.25) is 9.59 Å². The van der Waals surface area contributed by atoms with Crippen molar-refractivity contribution in [3.8, 4) is 17.2 Å². The summed E-state index contributed by atoms with van der Waals surface area (Å²) >= 11 is 1.22. The van der Waals surface area contributed by atoms with E-state index in [-0.39, 0.29) is 24.1 Å². The monoisotopic (exact) mass is 655 g/mol. The molecule has 4 rings (SSSR count). The average molecular weight is 656 g/mol. The number of thioether (sulfide) groups is 1. The number of carbonyl (C=O) groups is 3. The van der Waals surface area contributed by atoms with Crippen molar-refractivity contribution in [2.75, 3.05) is 39.0 Å². The predicted octanol–water partition coefficient (Wildman–Crippen LogP) is 6.16. The van der Waals surface area contributed by atoms with Gasteiger partial charge in [0.05, 0.1) is 39.3 Å². The average Bonchev–Trinajstić information content (AvgIpc) is 3.08. The zero-order valence-electron chi connectivity index (χ0n) is 26.9. The van der Waals surface area contributed by atoms with Gasteiger partial charge in [0, 0.05) is 16.9 Å². The van der Waals surface area contributed by atoms with Crippen LogP contribution in [0, 0.1) is 0 Å². The van der Waals surface area contributed by atoms with Gasteiger partial charge in [0.2, 0.25) is 11.7 Å². The molecule has 3 aromatic carbocycles. The Labute approximate surface area is 278 Å². The Morgan fingerprint density at radius 3 is 2.21 bits per heavy atom. The van der Waals surface area contributed by atoms with Crippen molar-refractivity contribution in [2.45, 2.75) is 19.9 Å². The van der Waals surface area contributed by atoms with E-state index in [9.17, 15) is 14.4 Å². The van der Waals surface area contributed by atoms with Crippen LogP contribution in [0.25, 0.3) is 12.2 Å². The molecule has 11 heteroatoms. The van der Waals surface area contributed by atoms with Gasteiger partial charge in [-0.05, 0) is 67.4 Å². The number of methoxy groups -OCH3 is 3. The van der Waals surface area contributed by atoms with Gasteiger partial charge >= 0.3 is 5.97 Å². The van der Waals surface area contributed by atoms with Crippen LogP contribution in [0.1, 0.15) is 35.3 Å². The minimum Gasteiger partial charge on any atom is -0.493 e. The highest BCUT2D eigenvalue weighted by molar-refractivity contribution is 8.14. The number of hydrogen-bond donors (Lipinski definition) is 2. The lowest BCUT2D eigenvalue weighted by Gasteiger charge is -2.23. The van der Waals surface area contributed by atoms with Gasteiger partial charge in [-0.25, -0.2) is 9.79 Å². The number of allylic oxidation sites excluding steroid dienone is 2. The maximum atomic E-state index is 12.8. The molecular weight excluding hydrogens is 618 g/mol. The van der Waals surface area contributed by atoms with Crippen LogP contribution >= 0.6 is 11.8 Å². The maximum Gasteiger partial charge on any atom is 0.338 e.